The Labute approximate surface area is 234 Å². The normalized spacial score (nSPS) is 17.6. The van der Waals surface area contributed by atoms with E-state index in [9.17, 15) is 22.4 Å². The van der Waals surface area contributed by atoms with Crippen LogP contribution in [0.1, 0.15) is 28.9 Å². The minimum absolute atomic E-state index is 0.0508. The highest BCUT2D eigenvalue weighted by atomic mass is 19.4. The largest absolute Gasteiger partial charge is 0.495 e. The average molecular weight is 577 g/mol. The number of methoxy groups -OCH3 is 1. The molecule has 0 radical (unpaired) electrons. The van der Waals surface area contributed by atoms with Gasteiger partial charge in [0, 0.05) is 43.7 Å². The Kier molecular flexibility index (Phi) is 9.62. The highest BCUT2D eigenvalue weighted by molar-refractivity contribution is 5.94. The lowest BCUT2D eigenvalue weighted by Crippen LogP contribution is -2.48. The molecule has 1 fully saturated rings. The summed E-state index contributed by atoms with van der Waals surface area (Å²) in [5.41, 5.74) is 1.70. The van der Waals surface area contributed by atoms with Crippen molar-refractivity contribution >= 4 is 28.2 Å². The van der Waals surface area contributed by atoms with Gasteiger partial charge in [-0.2, -0.15) is 13.2 Å². The third-order valence-corrected chi connectivity index (χ3v) is 6.90. The molecule has 0 aliphatic carbocycles. The molecule has 41 heavy (non-hydrogen) atoms. The summed E-state index contributed by atoms with van der Waals surface area (Å²) in [7, 11) is 1.42. The number of hydrogen-bond donors (Lipinski definition) is 4. The summed E-state index contributed by atoms with van der Waals surface area (Å²) in [6, 6.07) is 10.4. The minimum atomic E-state index is -4.48. The number of carboxylic acids is 1. The summed E-state index contributed by atoms with van der Waals surface area (Å²) < 4.78 is 61.8. The predicted octanol–water partition coefficient (Wildman–Crippen LogP) is 4.58. The van der Waals surface area contributed by atoms with Crippen molar-refractivity contribution in [1.29, 1.82) is 0 Å². The molecule has 0 bridgehead atoms. The number of β-amino-alcohol motifs (C(OH)–C–C–N with tert-alkyl or cyclic N) is 1. The molecule has 220 valence electrons. The Morgan fingerprint density at radius 3 is 2.68 bits per heavy atom. The quantitative estimate of drug-likeness (QED) is 0.159. The number of aliphatic hydroxyl groups excluding tert-OH is 1. The first-order chi connectivity index (χ1) is 19.6. The number of piperidine rings is 1. The molecular weight excluding hydrogens is 544 g/mol. The number of halogens is 4. The third-order valence-electron chi connectivity index (χ3n) is 6.90. The number of rotatable bonds is 10. The lowest BCUT2D eigenvalue weighted by atomic mass is 10.0. The van der Waals surface area contributed by atoms with Crippen molar-refractivity contribution in [3.05, 3.63) is 53.7 Å². The molecule has 0 saturated carbocycles. The number of nitrogens with one attached hydrogen (secondary N) is 2. The van der Waals surface area contributed by atoms with E-state index in [2.05, 4.69) is 22.5 Å². The molecule has 12 heteroatoms. The summed E-state index contributed by atoms with van der Waals surface area (Å²) >= 11 is 0. The summed E-state index contributed by atoms with van der Waals surface area (Å²) in [4.78, 5) is 13.0. The Morgan fingerprint density at radius 2 is 2.00 bits per heavy atom. The zero-order chi connectivity index (χ0) is 29.6. The molecule has 2 heterocycles. The van der Waals surface area contributed by atoms with Gasteiger partial charge in [0.25, 0.3) is 0 Å². The van der Waals surface area contributed by atoms with Gasteiger partial charge in [0.15, 0.2) is 0 Å². The highest BCUT2D eigenvalue weighted by Crippen LogP contribution is 2.32. The van der Waals surface area contributed by atoms with Gasteiger partial charge in [-0.05, 0) is 48.7 Å². The zero-order valence-corrected chi connectivity index (χ0v) is 22.5. The van der Waals surface area contributed by atoms with Crippen LogP contribution in [0.2, 0.25) is 0 Å². The molecule has 2 atom stereocenters. The van der Waals surface area contributed by atoms with Gasteiger partial charge in [0.05, 0.1) is 42.2 Å². The molecular formula is C29H32F4N4O4. The number of carbonyl (C=O) groups is 1. The van der Waals surface area contributed by atoms with Crippen molar-refractivity contribution in [2.75, 3.05) is 50.5 Å². The number of hydrogen-bond acceptors (Lipinski definition) is 6. The van der Waals surface area contributed by atoms with Crippen molar-refractivity contribution in [2.45, 2.75) is 37.8 Å². The predicted molar refractivity (Wildman–Crippen MR) is 148 cm³/mol. The number of aromatic nitrogens is 1. The number of benzene rings is 2. The van der Waals surface area contributed by atoms with Crippen LogP contribution in [0.3, 0.4) is 0 Å². The Balaban J connectivity index is 1.52. The van der Waals surface area contributed by atoms with Gasteiger partial charge in [-0.1, -0.05) is 12.0 Å². The standard InChI is InChI=1S/C29H32F4N4O4/c1-41-27-15-19(28(39)40)8-9-25(27)34-11-3-2-5-20-16-21-23(6-4-7-26(21)37(20)18-29(31,32)33)35-24-10-12-36(13-14-38)17-22(24)30/h4,6-9,15-16,22,24,34-35,38H,3,10-14,17-18H2,1H3,(H,39,40)/t22-,24+/m1/s1. The van der Waals surface area contributed by atoms with E-state index < -0.39 is 30.9 Å². The molecule has 1 aliphatic heterocycles. The van der Waals surface area contributed by atoms with E-state index in [-0.39, 0.29) is 24.4 Å². The Morgan fingerprint density at radius 1 is 1.20 bits per heavy atom. The second kappa shape index (κ2) is 13.1. The molecule has 0 spiro atoms. The van der Waals surface area contributed by atoms with E-state index in [1.54, 1.807) is 30.3 Å². The number of aromatic carboxylic acids is 1. The van der Waals surface area contributed by atoms with Crippen molar-refractivity contribution in [2.24, 2.45) is 0 Å². The van der Waals surface area contributed by atoms with E-state index in [0.29, 0.717) is 60.5 Å². The number of carboxylic acid groups (broad SMARTS) is 1. The van der Waals surface area contributed by atoms with E-state index in [1.165, 1.54) is 19.2 Å². The van der Waals surface area contributed by atoms with Gasteiger partial charge in [-0.25, -0.2) is 9.18 Å². The van der Waals surface area contributed by atoms with Crippen LogP contribution < -0.4 is 15.4 Å². The number of nitrogens with zero attached hydrogens (tertiary/aromatic N) is 2. The second-order valence-electron chi connectivity index (χ2n) is 9.75. The average Bonchev–Trinajstić information content (AvgIpc) is 3.26. The van der Waals surface area contributed by atoms with Crippen molar-refractivity contribution in [3.63, 3.8) is 0 Å². The zero-order valence-electron chi connectivity index (χ0n) is 22.5. The maximum Gasteiger partial charge on any atom is 0.406 e. The first-order valence-electron chi connectivity index (χ1n) is 13.2. The maximum absolute atomic E-state index is 14.9. The molecule has 0 unspecified atom stereocenters. The van der Waals surface area contributed by atoms with E-state index in [1.807, 2.05) is 4.90 Å². The molecule has 4 rings (SSSR count). The smallest absolute Gasteiger partial charge is 0.406 e. The SMILES string of the molecule is COc1cc(C(=O)O)ccc1NCCC#Cc1cc2c(N[C@H]3CCN(CCO)C[C@H]3F)cccc2n1CC(F)(F)F. The lowest BCUT2D eigenvalue weighted by molar-refractivity contribution is -0.140. The summed E-state index contributed by atoms with van der Waals surface area (Å²) in [6.45, 7) is 0.235. The number of alkyl halides is 4. The molecule has 1 aromatic heterocycles. The Bertz CT molecular complexity index is 1430. The van der Waals surface area contributed by atoms with E-state index in [4.69, 9.17) is 14.9 Å². The van der Waals surface area contributed by atoms with Crippen molar-refractivity contribution in [1.82, 2.24) is 9.47 Å². The summed E-state index contributed by atoms with van der Waals surface area (Å²) in [5.74, 6) is 5.03. The fourth-order valence-electron chi connectivity index (χ4n) is 4.92. The van der Waals surface area contributed by atoms with Crippen LogP contribution >= 0.6 is 0 Å². The third kappa shape index (κ3) is 7.62. The number of fused-ring (bicyclic) bond motifs is 1. The summed E-state index contributed by atoms with van der Waals surface area (Å²) in [6.07, 6.45) is -4.90. The first kappa shape index (κ1) is 30.0. The van der Waals surface area contributed by atoms with Crippen LogP contribution in [0.15, 0.2) is 42.5 Å². The lowest BCUT2D eigenvalue weighted by Gasteiger charge is -2.35. The van der Waals surface area contributed by atoms with Gasteiger partial charge in [0.1, 0.15) is 18.5 Å². The van der Waals surface area contributed by atoms with Gasteiger partial charge in [0.2, 0.25) is 0 Å². The van der Waals surface area contributed by atoms with Gasteiger partial charge in [-0.3, -0.25) is 4.90 Å². The highest BCUT2D eigenvalue weighted by Gasteiger charge is 2.31. The van der Waals surface area contributed by atoms with Gasteiger partial charge < -0.3 is 30.2 Å². The number of ether oxygens (including phenoxy) is 1. The number of likely N-dealkylation sites (tertiary alicyclic amines) is 1. The Hall–Kier alpha value is -3.95. The summed E-state index contributed by atoms with van der Waals surface area (Å²) in [5, 5.41) is 25.1. The molecule has 1 aliphatic rings. The fraction of sp³-hybridized carbons (Fsp3) is 0.414. The molecule has 2 aromatic carbocycles. The maximum atomic E-state index is 14.9. The van der Waals surface area contributed by atoms with E-state index >= 15 is 0 Å². The molecule has 0 amide bonds. The second-order valence-corrected chi connectivity index (χ2v) is 9.75. The topological polar surface area (TPSA) is 99.0 Å². The van der Waals surface area contributed by atoms with Crippen LogP contribution in [0, 0.1) is 11.8 Å². The number of aliphatic hydroxyl groups is 1. The molecule has 4 N–H and O–H groups in total. The molecule has 1 saturated heterocycles. The van der Waals surface area contributed by atoms with Crippen molar-refractivity contribution in [3.8, 4) is 17.6 Å². The monoisotopic (exact) mass is 576 g/mol. The minimum Gasteiger partial charge on any atom is -0.495 e. The van der Waals surface area contributed by atoms with Crippen LogP contribution in [-0.2, 0) is 6.54 Å². The van der Waals surface area contributed by atoms with Crippen LogP contribution in [0.4, 0.5) is 28.9 Å². The fourth-order valence-corrected chi connectivity index (χ4v) is 4.92. The van der Waals surface area contributed by atoms with Crippen LogP contribution in [-0.4, -0.2) is 83.9 Å². The van der Waals surface area contributed by atoms with Gasteiger partial charge in [-0.15, -0.1) is 0 Å². The van der Waals surface area contributed by atoms with Crippen molar-refractivity contribution < 1.29 is 37.3 Å². The number of anilines is 2. The van der Waals surface area contributed by atoms with Gasteiger partial charge >= 0.3 is 12.1 Å². The molecule has 8 nitrogen and oxygen atoms in total. The molecule has 3 aromatic rings. The van der Waals surface area contributed by atoms with E-state index in [0.717, 1.165) is 4.57 Å². The van der Waals surface area contributed by atoms with Crippen LogP contribution in [0.5, 0.6) is 5.75 Å². The first-order valence-corrected chi connectivity index (χ1v) is 13.2. The van der Waals surface area contributed by atoms with Crippen LogP contribution in [0.25, 0.3) is 10.9 Å².